The number of rotatable bonds is 3. The molecule has 0 unspecified atom stereocenters. The van der Waals surface area contributed by atoms with Gasteiger partial charge < -0.3 is 0 Å². The van der Waals surface area contributed by atoms with Crippen molar-refractivity contribution >= 4 is 19.6 Å². The van der Waals surface area contributed by atoms with Crippen LogP contribution in [0.15, 0.2) is 29.3 Å². The van der Waals surface area contributed by atoms with E-state index in [4.69, 9.17) is 0 Å². The zero-order valence-electron chi connectivity index (χ0n) is 10.4. The van der Waals surface area contributed by atoms with Gasteiger partial charge in [0.2, 0.25) is 0 Å². The van der Waals surface area contributed by atoms with Crippen LogP contribution < -0.4 is 0 Å². The average Bonchev–Trinajstić information content (AvgIpc) is 2.29. The van der Waals surface area contributed by atoms with E-state index in [1.165, 1.54) is 24.0 Å². The fourth-order valence-corrected chi connectivity index (χ4v) is 4.92. The summed E-state index contributed by atoms with van der Waals surface area (Å²) in [6.07, 6.45) is 2.77. The van der Waals surface area contributed by atoms with Crippen LogP contribution >= 0.6 is 0 Å². The van der Waals surface area contributed by atoms with E-state index in [1.807, 2.05) is 0 Å². The van der Waals surface area contributed by atoms with Crippen LogP contribution in [0.4, 0.5) is 0 Å². The molecule has 92 valence electrons. The molecule has 0 spiro atoms. The molecular weight excluding hydrogens is 277 g/mol. The van der Waals surface area contributed by atoms with Gasteiger partial charge in [0.1, 0.15) is 0 Å². The number of hydrogen-bond acceptors (Lipinski definition) is 2. The van der Waals surface area contributed by atoms with Crippen molar-refractivity contribution in [3.63, 3.8) is 0 Å². The van der Waals surface area contributed by atoms with Crippen molar-refractivity contribution in [3.8, 4) is 0 Å². The Morgan fingerprint density at radius 3 is 2.71 bits per heavy atom. The molecule has 17 heavy (non-hydrogen) atoms. The molecule has 0 aromatic heterocycles. The molecule has 0 fully saturated rings. The number of nitrogens with zero attached hydrogens (tertiary/aromatic N) is 1. The zero-order chi connectivity index (χ0) is 12.3. The van der Waals surface area contributed by atoms with E-state index >= 15 is 0 Å². The van der Waals surface area contributed by atoms with Gasteiger partial charge in [-0.1, -0.05) is 0 Å². The topological polar surface area (TPSA) is 32.6 Å². The number of aliphatic imine (C=N–C) groups is 1. The average molecular weight is 296 g/mol. The van der Waals surface area contributed by atoms with Gasteiger partial charge in [-0.05, 0) is 0 Å². The number of aliphatic hydroxyl groups is 1. The molecule has 0 aliphatic carbocycles. The van der Waals surface area contributed by atoms with Crippen LogP contribution in [0.25, 0.3) is 0 Å². The predicted octanol–water partition coefficient (Wildman–Crippen LogP) is 2.76. The van der Waals surface area contributed by atoms with Crippen LogP contribution in [0.1, 0.15) is 37.3 Å². The SMILES string of the molecule is CCC[C@H]1C[C@@H](O)N=C(c2ccc(C)cc2)[Se]1. The Bertz CT molecular complexity index is 399. The molecule has 1 aliphatic rings. The Kier molecular flexibility index (Phi) is 4.38. The van der Waals surface area contributed by atoms with Crippen molar-refractivity contribution in [1.82, 2.24) is 0 Å². The summed E-state index contributed by atoms with van der Waals surface area (Å²) in [4.78, 5) is 5.06. The Morgan fingerprint density at radius 2 is 2.06 bits per heavy atom. The number of hydrogen-bond donors (Lipinski definition) is 1. The molecule has 0 saturated heterocycles. The van der Waals surface area contributed by atoms with Crippen molar-refractivity contribution in [2.24, 2.45) is 4.99 Å². The molecule has 0 amide bonds. The summed E-state index contributed by atoms with van der Waals surface area (Å²) in [5, 5.41) is 9.82. The Balaban J connectivity index is 2.17. The van der Waals surface area contributed by atoms with E-state index in [1.54, 1.807) is 0 Å². The molecule has 1 aliphatic heterocycles. The van der Waals surface area contributed by atoms with E-state index in [0.717, 1.165) is 11.0 Å². The normalized spacial score (nSPS) is 24.5. The van der Waals surface area contributed by atoms with Crippen LogP contribution in [-0.2, 0) is 0 Å². The van der Waals surface area contributed by atoms with Gasteiger partial charge in [-0.25, -0.2) is 0 Å². The number of aliphatic hydroxyl groups excluding tert-OH is 1. The molecule has 3 heteroatoms. The number of aryl methyl sites for hydroxylation is 1. The van der Waals surface area contributed by atoms with Crippen molar-refractivity contribution in [2.75, 3.05) is 0 Å². The first-order valence-corrected chi connectivity index (χ1v) is 8.03. The van der Waals surface area contributed by atoms with Crippen LogP contribution in [-0.4, -0.2) is 30.9 Å². The van der Waals surface area contributed by atoms with Gasteiger partial charge in [0.15, 0.2) is 0 Å². The van der Waals surface area contributed by atoms with Crippen LogP contribution in [0, 0.1) is 6.92 Å². The van der Waals surface area contributed by atoms with Crippen LogP contribution in [0.3, 0.4) is 0 Å². The minimum absolute atomic E-state index is 0.407. The van der Waals surface area contributed by atoms with Gasteiger partial charge in [0.25, 0.3) is 0 Å². The maximum atomic E-state index is 9.82. The Hall–Kier alpha value is -0.631. The first-order valence-electron chi connectivity index (χ1n) is 6.18. The summed E-state index contributed by atoms with van der Waals surface area (Å²) in [5.74, 6) is 0. The summed E-state index contributed by atoms with van der Waals surface area (Å²) in [5.41, 5.74) is 2.46. The Morgan fingerprint density at radius 1 is 1.35 bits per heavy atom. The molecule has 1 aromatic rings. The van der Waals surface area contributed by atoms with E-state index < -0.39 is 6.23 Å². The molecule has 2 rings (SSSR count). The van der Waals surface area contributed by atoms with E-state index in [2.05, 4.69) is 43.1 Å². The summed E-state index contributed by atoms with van der Waals surface area (Å²) in [7, 11) is 0. The monoisotopic (exact) mass is 297 g/mol. The van der Waals surface area contributed by atoms with Crippen molar-refractivity contribution in [3.05, 3.63) is 35.4 Å². The maximum absolute atomic E-state index is 9.82. The van der Waals surface area contributed by atoms with E-state index in [-0.39, 0.29) is 0 Å². The molecule has 2 nitrogen and oxygen atoms in total. The summed E-state index contributed by atoms with van der Waals surface area (Å²) < 4.78 is 1.13. The third-order valence-corrected chi connectivity index (χ3v) is 5.71. The van der Waals surface area contributed by atoms with Gasteiger partial charge >= 0.3 is 109 Å². The van der Waals surface area contributed by atoms with Crippen molar-refractivity contribution in [1.29, 1.82) is 0 Å². The van der Waals surface area contributed by atoms with E-state index in [0.29, 0.717) is 19.8 Å². The fourth-order valence-electron chi connectivity index (χ4n) is 2.00. The fraction of sp³-hybridized carbons (Fsp3) is 0.500. The predicted molar refractivity (Wildman–Crippen MR) is 72.8 cm³/mol. The molecule has 0 saturated carbocycles. The molecule has 0 radical (unpaired) electrons. The van der Waals surface area contributed by atoms with Crippen molar-refractivity contribution < 1.29 is 5.11 Å². The molecule has 0 bridgehead atoms. The van der Waals surface area contributed by atoms with Gasteiger partial charge in [0, 0.05) is 0 Å². The molecule has 2 atom stereocenters. The van der Waals surface area contributed by atoms with Crippen LogP contribution in [0.2, 0.25) is 4.82 Å². The second-order valence-corrected chi connectivity index (χ2v) is 7.25. The quantitative estimate of drug-likeness (QED) is 0.855. The second-order valence-electron chi connectivity index (χ2n) is 4.55. The molecule has 1 heterocycles. The number of benzene rings is 1. The van der Waals surface area contributed by atoms with Crippen LogP contribution in [0.5, 0.6) is 0 Å². The summed E-state index contributed by atoms with van der Waals surface area (Å²) in [6, 6.07) is 8.47. The van der Waals surface area contributed by atoms with Gasteiger partial charge in [-0.3, -0.25) is 0 Å². The molecule has 1 aromatic carbocycles. The van der Waals surface area contributed by atoms with Gasteiger partial charge in [-0.15, -0.1) is 0 Å². The third kappa shape index (κ3) is 3.41. The first-order chi connectivity index (χ1) is 8.19. The van der Waals surface area contributed by atoms with Crippen molar-refractivity contribution in [2.45, 2.75) is 44.2 Å². The molecular formula is C14H19NOSe. The second kappa shape index (κ2) is 5.81. The first kappa shape index (κ1) is 12.8. The van der Waals surface area contributed by atoms with Gasteiger partial charge in [-0.2, -0.15) is 0 Å². The summed E-state index contributed by atoms with van der Waals surface area (Å²) >= 11 is 0.407. The standard InChI is InChI=1S/C14H19NOSe/c1-3-4-12-9-13(16)15-14(17-12)11-7-5-10(2)6-8-11/h5-8,12-13,16H,3-4,9H2,1-2H3/t12-,13+/m0/s1. The summed E-state index contributed by atoms with van der Waals surface area (Å²) in [6.45, 7) is 4.30. The minimum atomic E-state index is -0.488. The zero-order valence-corrected chi connectivity index (χ0v) is 12.1. The molecule has 1 N–H and O–H groups in total. The third-order valence-electron chi connectivity index (χ3n) is 2.93. The van der Waals surface area contributed by atoms with Gasteiger partial charge in [0.05, 0.1) is 0 Å². The Labute approximate surface area is 109 Å². The van der Waals surface area contributed by atoms with E-state index in [9.17, 15) is 5.11 Å².